The highest BCUT2D eigenvalue weighted by atomic mass is 35.5. The Morgan fingerprint density at radius 3 is 3.00 bits per heavy atom. The van der Waals surface area contributed by atoms with Crippen molar-refractivity contribution in [2.24, 2.45) is 5.92 Å². The number of hydrogen-bond acceptors (Lipinski definition) is 5. The van der Waals surface area contributed by atoms with Gasteiger partial charge in [0.05, 0.1) is 12.3 Å². The van der Waals surface area contributed by atoms with Gasteiger partial charge in [-0.3, -0.25) is 0 Å². The molecule has 0 unspecified atom stereocenters. The molecular formula is C14H18ClN3OS. The quantitative estimate of drug-likeness (QED) is 0.789. The lowest BCUT2D eigenvalue weighted by atomic mass is 10.2. The molecule has 4 nitrogen and oxygen atoms in total. The molecule has 0 spiro atoms. The first-order chi connectivity index (χ1) is 9.63. The molecule has 0 radical (unpaired) electrons. The first kappa shape index (κ1) is 15.4. The SMILES string of the molecule is CC(C)CNCc1nc(CSc2cccc(Cl)c2)no1. The van der Waals surface area contributed by atoms with Gasteiger partial charge in [0.1, 0.15) is 0 Å². The van der Waals surface area contributed by atoms with E-state index in [2.05, 4.69) is 29.3 Å². The van der Waals surface area contributed by atoms with Crippen molar-refractivity contribution in [2.45, 2.75) is 31.0 Å². The van der Waals surface area contributed by atoms with Crippen molar-refractivity contribution in [1.29, 1.82) is 0 Å². The Balaban J connectivity index is 1.80. The molecule has 1 aromatic heterocycles. The normalized spacial score (nSPS) is 11.2. The summed E-state index contributed by atoms with van der Waals surface area (Å²) >= 11 is 7.58. The van der Waals surface area contributed by atoms with Gasteiger partial charge >= 0.3 is 0 Å². The zero-order chi connectivity index (χ0) is 14.4. The van der Waals surface area contributed by atoms with E-state index in [1.54, 1.807) is 11.8 Å². The minimum Gasteiger partial charge on any atom is -0.338 e. The number of thioether (sulfide) groups is 1. The summed E-state index contributed by atoms with van der Waals surface area (Å²) in [5.41, 5.74) is 0. The minimum absolute atomic E-state index is 0.607. The molecule has 1 aromatic carbocycles. The molecule has 2 rings (SSSR count). The highest BCUT2D eigenvalue weighted by Gasteiger charge is 2.07. The van der Waals surface area contributed by atoms with E-state index in [0.717, 1.165) is 16.5 Å². The Kier molecular flexibility index (Phi) is 5.88. The van der Waals surface area contributed by atoms with Gasteiger partial charge in [-0.15, -0.1) is 11.8 Å². The largest absolute Gasteiger partial charge is 0.338 e. The molecule has 0 aliphatic carbocycles. The third-order valence-corrected chi connectivity index (χ3v) is 3.73. The van der Waals surface area contributed by atoms with Crippen LogP contribution >= 0.6 is 23.4 Å². The second-order valence-electron chi connectivity index (χ2n) is 4.88. The van der Waals surface area contributed by atoms with Crippen LogP contribution in [-0.2, 0) is 12.3 Å². The fraction of sp³-hybridized carbons (Fsp3) is 0.429. The Bertz CT molecular complexity index is 545. The summed E-state index contributed by atoms with van der Waals surface area (Å²) in [7, 11) is 0. The highest BCUT2D eigenvalue weighted by molar-refractivity contribution is 7.98. The predicted molar refractivity (Wildman–Crippen MR) is 81.9 cm³/mol. The molecule has 0 amide bonds. The molecule has 0 bridgehead atoms. The van der Waals surface area contributed by atoms with Crippen LogP contribution in [0.3, 0.4) is 0 Å². The van der Waals surface area contributed by atoms with Crippen molar-refractivity contribution >= 4 is 23.4 Å². The molecule has 1 heterocycles. The second kappa shape index (κ2) is 7.67. The van der Waals surface area contributed by atoms with E-state index in [9.17, 15) is 0 Å². The number of halogens is 1. The van der Waals surface area contributed by atoms with Gasteiger partial charge in [0, 0.05) is 9.92 Å². The van der Waals surface area contributed by atoms with Crippen molar-refractivity contribution in [3.05, 3.63) is 41.0 Å². The Morgan fingerprint density at radius 1 is 1.40 bits per heavy atom. The fourth-order valence-corrected chi connectivity index (χ4v) is 2.65. The van der Waals surface area contributed by atoms with Crippen LogP contribution in [0.15, 0.2) is 33.7 Å². The van der Waals surface area contributed by atoms with Crippen LogP contribution in [0.5, 0.6) is 0 Å². The average molecular weight is 312 g/mol. The lowest BCUT2D eigenvalue weighted by Crippen LogP contribution is -2.19. The van der Waals surface area contributed by atoms with Crippen molar-refractivity contribution in [2.75, 3.05) is 6.54 Å². The summed E-state index contributed by atoms with van der Waals surface area (Å²) in [5, 5.41) is 7.98. The molecule has 20 heavy (non-hydrogen) atoms. The van der Waals surface area contributed by atoms with Crippen molar-refractivity contribution in [3.8, 4) is 0 Å². The average Bonchev–Trinajstić information content (AvgIpc) is 2.84. The number of aromatic nitrogens is 2. The summed E-state index contributed by atoms with van der Waals surface area (Å²) in [4.78, 5) is 5.45. The number of rotatable bonds is 7. The Hall–Kier alpha value is -1.04. The van der Waals surface area contributed by atoms with Gasteiger partial charge in [-0.25, -0.2) is 0 Å². The molecule has 0 fully saturated rings. The summed E-state index contributed by atoms with van der Waals surface area (Å²) in [6.45, 7) is 5.88. The first-order valence-electron chi connectivity index (χ1n) is 6.54. The third kappa shape index (κ3) is 5.15. The van der Waals surface area contributed by atoms with Crippen LogP contribution < -0.4 is 5.32 Å². The van der Waals surface area contributed by atoms with Crippen molar-refractivity contribution < 1.29 is 4.52 Å². The Morgan fingerprint density at radius 2 is 2.25 bits per heavy atom. The van der Waals surface area contributed by atoms with Gasteiger partial charge < -0.3 is 9.84 Å². The number of benzene rings is 1. The summed E-state index contributed by atoms with van der Waals surface area (Å²) in [5.74, 6) is 2.62. The van der Waals surface area contributed by atoms with Gasteiger partial charge in [-0.05, 0) is 30.7 Å². The summed E-state index contributed by atoms with van der Waals surface area (Å²) < 4.78 is 5.20. The molecule has 108 valence electrons. The highest BCUT2D eigenvalue weighted by Crippen LogP contribution is 2.24. The monoisotopic (exact) mass is 311 g/mol. The van der Waals surface area contributed by atoms with E-state index < -0.39 is 0 Å². The molecule has 2 aromatic rings. The van der Waals surface area contributed by atoms with E-state index in [4.69, 9.17) is 16.1 Å². The van der Waals surface area contributed by atoms with Crippen LogP contribution in [0, 0.1) is 5.92 Å². The van der Waals surface area contributed by atoms with E-state index in [1.807, 2.05) is 24.3 Å². The maximum atomic E-state index is 5.94. The van der Waals surface area contributed by atoms with Crippen LogP contribution in [0.2, 0.25) is 5.02 Å². The van der Waals surface area contributed by atoms with E-state index >= 15 is 0 Å². The zero-order valence-electron chi connectivity index (χ0n) is 11.6. The molecule has 6 heteroatoms. The summed E-state index contributed by atoms with van der Waals surface area (Å²) in [6.07, 6.45) is 0. The molecule has 0 aliphatic rings. The van der Waals surface area contributed by atoms with E-state index in [-0.39, 0.29) is 0 Å². The molecule has 0 atom stereocenters. The van der Waals surface area contributed by atoms with E-state index in [1.165, 1.54) is 0 Å². The van der Waals surface area contributed by atoms with Crippen LogP contribution in [0.1, 0.15) is 25.6 Å². The van der Waals surface area contributed by atoms with Gasteiger partial charge in [0.25, 0.3) is 0 Å². The Labute approximate surface area is 128 Å². The van der Waals surface area contributed by atoms with E-state index in [0.29, 0.717) is 29.9 Å². The summed E-state index contributed by atoms with van der Waals surface area (Å²) in [6, 6.07) is 7.74. The molecule has 0 aliphatic heterocycles. The fourth-order valence-electron chi connectivity index (χ4n) is 1.59. The number of nitrogens with one attached hydrogen (secondary N) is 1. The van der Waals surface area contributed by atoms with Gasteiger partial charge in [0.2, 0.25) is 5.89 Å². The number of hydrogen-bond donors (Lipinski definition) is 1. The topological polar surface area (TPSA) is 51.0 Å². The van der Waals surface area contributed by atoms with Gasteiger partial charge in [-0.2, -0.15) is 4.98 Å². The molecule has 0 saturated carbocycles. The molecular weight excluding hydrogens is 294 g/mol. The van der Waals surface area contributed by atoms with Gasteiger partial charge in [0.15, 0.2) is 5.82 Å². The molecule has 1 N–H and O–H groups in total. The number of nitrogens with zero attached hydrogens (tertiary/aromatic N) is 2. The van der Waals surface area contributed by atoms with Crippen LogP contribution in [-0.4, -0.2) is 16.7 Å². The molecule has 0 saturated heterocycles. The second-order valence-corrected chi connectivity index (χ2v) is 6.36. The standard InChI is InChI=1S/C14H18ClN3OS/c1-10(2)7-16-8-14-17-13(18-19-14)9-20-12-5-3-4-11(15)6-12/h3-6,10,16H,7-9H2,1-2H3. The zero-order valence-corrected chi connectivity index (χ0v) is 13.2. The van der Waals surface area contributed by atoms with Crippen molar-refractivity contribution in [3.63, 3.8) is 0 Å². The maximum absolute atomic E-state index is 5.94. The lowest BCUT2D eigenvalue weighted by Gasteiger charge is -2.03. The maximum Gasteiger partial charge on any atom is 0.240 e. The van der Waals surface area contributed by atoms with Crippen LogP contribution in [0.25, 0.3) is 0 Å². The third-order valence-electron chi connectivity index (χ3n) is 2.50. The predicted octanol–water partition coefficient (Wildman–Crippen LogP) is 3.76. The van der Waals surface area contributed by atoms with Crippen molar-refractivity contribution in [1.82, 2.24) is 15.5 Å². The van der Waals surface area contributed by atoms with Gasteiger partial charge in [-0.1, -0.05) is 36.7 Å². The first-order valence-corrected chi connectivity index (χ1v) is 7.90. The smallest absolute Gasteiger partial charge is 0.240 e. The van der Waals surface area contributed by atoms with Crippen LogP contribution in [0.4, 0.5) is 0 Å². The minimum atomic E-state index is 0.607. The lowest BCUT2D eigenvalue weighted by molar-refractivity contribution is 0.360.